The van der Waals surface area contributed by atoms with E-state index in [1.54, 1.807) is 12.1 Å². The molecule has 0 spiro atoms. The first kappa shape index (κ1) is 22.3. The zero-order chi connectivity index (χ0) is 22.5. The van der Waals surface area contributed by atoms with Crippen LogP contribution < -0.4 is 9.64 Å². The minimum Gasteiger partial charge on any atom is -0.473 e. The first-order valence-corrected chi connectivity index (χ1v) is 9.75. The van der Waals surface area contributed by atoms with E-state index in [4.69, 9.17) is 9.57 Å². The normalized spacial score (nSPS) is 16.2. The molecule has 0 aliphatic carbocycles. The highest BCUT2D eigenvalue weighted by Gasteiger charge is 2.27. The Kier molecular flexibility index (Phi) is 6.91. The number of pyridine rings is 1. The largest absolute Gasteiger partial charge is 0.473 e. The van der Waals surface area contributed by atoms with Crippen LogP contribution >= 0.6 is 0 Å². The molecule has 2 heterocycles. The molecular formula is C21H25FN4O5. The van der Waals surface area contributed by atoms with Crippen molar-refractivity contribution in [1.29, 1.82) is 0 Å². The summed E-state index contributed by atoms with van der Waals surface area (Å²) in [5, 5.41) is 10.2. The number of ether oxygens (including phenoxy) is 1. The van der Waals surface area contributed by atoms with Gasteiger partial charge in [0.1, 0.15) is 18.2 Å². The first-order chi connectivity index (χ1) is 14.8. The van der Waals surface area contributed by atoms with Crippen molar-refractivity contribution in [2.24, 2.45) is 0 Å². The average molecular weight is 432 g/mol. The first-order valence-electron chi connectivity index (χ1n) is 9.75. The van der Waals surface area contributed by atoms with E-state index in [0.717, 1.165) is 11.1 Å². The van der Waals surface area contributed by atoms with Crippen LogP contribution in [0.4, 0.5) is 15.0 Å². The number of hydrogen-bond acceptors (Lipinski definition) is 6. The Morgan fingerprint density at radius 3 is 2.71 bits per heavy atom. The van der Waals surface area contributed by atoms with E-state index < -0.39 is 17.8 Å². The fraction of sp³-hybridized carbons (Fsp3) is 0.381. The number of aromatic nitrogens is 1. The molecule has 1 aromatic heterocycles. The number of benzene rings is 1. The van der Waals surface area contributed by atoms with Gasteiger partial charge in [-0.15, -0.1) is 0 Å². The Morgan fingerprint density at radius 1 is 1.29 bits per heavy atom. The van der Waals surface area contributed by atoms with Crippen LogP contribution in [0.1, 0.15) is 22.8 Å². The minimum absolute atomic E-state index is 0.0555. The number of rotatable bonds is 6. The molecule has 1 aromatic carbocycles. The van der Waals surface area contributed by atoms with E-state index in [1.807, 2.05) is 17.9 Å². The van der Waals surface area contributed by atoms with Gasteiger partial charge >= 0.3 is 6.09 Å². The lowest BCUT2D eigenvalue weighted by Gasteiger charge is -2.38. The molecule has 0 bridgehead atoms. The van der Waals surface area contributed by atoms with Gasteiger partial charge in [0.25, 0.3) is 5.91 Å². The number of carbonyl (C=O) groups is 2. The van der Waals surface area contributed by atoms with Gasteiger partial charge in [0, 0.05) is 49.9 Å². The molecule has 3 rings (SSSR count). The molecule has 0 radical (unpaired) electrons. The zero-order valence-electron chi connectivity index (χ0n) is 17.6. The summed E-state index contributed by atoms with van der Waals surface area (Å²) < 4.78 is 20.1. The maximum Gasteiger partial charge on any atom is 0.407 e. The molecule has 10 heteroatoms. The molecule has 166 valence electrons. The van der Waals surface area contributed by atoms with Crippen molar-refractivity contribution in [3.05, 3.63) is 53.3 Å². The van der Waals surface area contributed by atoms with Crippen molar-refractivity contribution < 1.29 is 28.7 Å². The Hall–Kier alpha value is -3.40. The van der Waals surface area contributed by atoms with Crippen LogP contribution in [-0.4, -0.2) is 71.9 Å². The van der Waals surface area contributed by atoms with Crippen molar-refractivity contribution in [3.8, 4) is 5.88 Å². The van der Waals surface area contributed by atoms with E-state index in [2.05, 4.69) is 4.98 Å². The molecule has 1 saturated heterocycles. The van der Waals surface area contributed by atoms with Gasteiger partial charge in [-0.05, 0) is 25.1 Å². The number of carboxylic acid groups (broad SMARTS) is 1. The van der Waals surface area contributed by atoms with Crippen LogP contribution in [0.25, 0.3) is 0 Å². The quantitative estimate of drug-likeness (QED) is 0.701. The number of amides is 2. The molecule has 1 aliphatic rings. The van der Waals surface area contributed by atoms with E-state index in [0.29, 0.717) is 31.3 Å². The third-order valence-electron chi connectivity index (χ3n) is 5.14. The number of hydroxylamine groups is 2. The summed E-state index contributed by atoms with van der Waals surface area (Å²) in [7, 11) is 2.79. The highest BCUT2D eigenvalue weighted by atomic mass is 19.1. The summed E-state index contributed by atoms with van der Waals surface area (Å²) in [6, 6.07) is 9.25. The van der Waals surface area contributed by atoms with Gasteiger partial charge in [-0.3, -0.25) is 9.63 Å². The highest BCUT2D eigenvalue weighted by molar-refractivity contribution is 5.93. The molecule has 0 unspecified atom stereocenters. The average Bonchev–Trinajstić information content (AvgIpc) is 2.77. The van der Waals surface area contributed by atoms with Gasteiger partial charge in [-0.1, -0.05) is 12.1 Å². The topological polar surface area (TPSA) is 95.4 Å². The Morgan fingerprint density at radius 2 is 2.06 bits per heavy atom. The van der Waals surface area contributed by atoms with Crippen molar-refractivity contribution in [2.45, 2.75) is 19.6 Å². The highest BCUT2D eigenvalue weighted by Crippen LogP contribution is 2.21. The summed E-state index contributed by atoms with van der Waals surface area (Å²) in [5.74, 6) is -0.0338. The molecule has 1 fully saturated rings. The van der Waals surface area contributed by atoms with Crippen LogP contribution in [-0.2, 0) is 11.4 Å². The number of carbonyl (C=O) groups excluding carboxylic acids is 1. The van der Waals surface area contributed by atoms with Gasteiger partial charge in [0.2, 0.25) is 5.88 Å². The predicted octanol–water partition coefficient (Wildman–Crippen LogP) is 2.62. The van der Waals surface area contributed by atoms with Crippen LogP contribution in [0.2, 0.25) is 0 Å². The number of hydrogen-bond donors (Lipinski definition) is 1. The van der Waals surface area contributed by atoms with Gasteiger partial charge in [-0.25, -0.2) is 14.2 Å². The molecule has 31 heavy (non-hydrogen) atoms. The van der Waals surface area contributed by atoms with Crippen LogP contribution in [0.15, 0.2) is 36.4 Å². The van der Waals surface area contributed by atoms with E-state index in [9.17, 15) is 19.1 Å². The van der Waals surface area contributed by atoms with Crippen molar-refractivity contribution in [3.63, 3.8) is 0 Å². The molecule has 0 saturated carbocycles. The lowest BCUT2D eigenvalue weighted by atomic mass is 10.1. The smallest absolute Gasteiger partial charge is 0.407 e. The summed E-state index contributed by atoms with van der Waals surface area (Å²) in [6.45, 7) is 3.22. The van der Waals surface area contributed by atoms with E-state index in [1.165, 1.54) is 31.2 Å². The monoisotopic (exact) mass is 432 g/mol. The zero-order valence-corrected chi connectivity index (χ0v) is 17.6. The van der Waals surface area contributed by atoms with Crippen LogP contribution in [0.5, 0.6) is 5.88 Å². The lowest BCUT2D eigenvalue weighted by Crippen LogP contribution is -2.53. The van der Waals surface area contributed by atoms with E-state index >= 15 is 0 Å². The van der Waals surface area contributed by atoms with Gasteiger partial charge in [0.05, 0.1) is 7.11 Å². The Bertz CT molecular complexity index is 957. The van der Waals surface area contributed by atoms with Crippen LogP contribution in [0, 0.1) is 5.82 Å². The van der Waals surface area contributed by atoms with Crippen molar-refractivity contribution >= 4 is 17.8 Å². The van der Waals surface area contributed by atoms with Crippen molar-refractivity contribution in [2.75, 3.05) is 38.7 Å². The SMILES string of the molecule is CON(C)C(=O)c1ccc(COc2cccc(N3CCN(C(=O)O)[C@@H](C)C3)n2)c(F)c1. The maximum atomic E-state index is 14.4. The second-order valence-electron chi connectivity index (χ2n) is 7.19. The minimum atomic E-state index is -0.930. The van der Waals surface area contributed by atoms with Gasteiger partial charge in [-0.2, -0.15) is 4.98 Å². The summed E-state index contributed by atoms with van der Waals surface area (Å²) in [5.41, 5.74) is 0.452. The molecule has 2 aromatic rings. The predicted molar refractivity (Wildman–Crippen MR) is 110 cm³/mol. The third-order valence-corrected chi connectivity index (χ3v) is 5.14. The Labute approximate surface area is 179 Å². The Balaban J connectivity index is 1.64. The summed E-state index contributed by atoms with van der Waals surface area (Å²) >= 11 is 0. The number of halogens is 1. The number of piperazine rings is 1. The molecule has 1 aliphatic heterocycles. The van der Waals surface area contributed by atoms with Gasteiger partial charge in [0.15, 0.2) is 0 Å². The van der Waals surface area contributed by atoms with Crippen LogP contribution in [0.3, 0.4) is 0 Å². The fourth-order valence-electron chi connectivity index (χ4n) is 3.32. The number of nitrogens with zero attached hydrogens (tertiary/aromatic N) is 4. The molecule has 9 nitrogen and oxygen atoms in total. The van der Waals surface area contributed by atoms with Gasteiger partial charge < -0.3 is 19.6 Å². The maximum absolute atomic E-state index is 14.4. The van der Waals surface area contributed by atoms with E-state index in [-0.39, 0.29) is 23.8 Å². The second-order valence-corrected chi connectivity index (χ2v) is 7.19. The number of anilines is 1. The molecule has 2 amide bonds. The third kappa shape index (κ3) is 5.21. The fourth-order valence-corrected chi connectivity index (χ4v) is 3.32. The summed E-state index contributed by atoms with van der Waals surface area (Å²) in [6.07, 6.45) is -0.930. The molecule has 1 N–H and O–H groups in total. The molecule has 1 atom stereocenters. The standard InChI is InChI=1S/C21H25FN4O5/c1-14-12-25(9-10-26(14)21(28)29)18-5-4-6-19(23-18)31-13-16-8-7-15(11-17(16)22)20(27)24(2)30-3/h4-8,11,14H,9-10,12-13H2,1-3H3,(H,28,29)/t14-/m0/s1. The summed E-state index contributed by atoms with van der Waals surface area (Å²) in [4.78, 5) is 35.9. The van der Waals surface area contributed by atoms with Crippen molar-refractivity contribution in [1.82, 2.24) is 14.9 Å². The second kappa shape index (κ2) is 9.61. The lowest BCUT2D eigenvalue weighted by molar-refractivity contribution is -0.0757. The molecular weight excluding hydrogens is 407 g/mol.